The molecule has 140 valence electrons. The number of rotatable bonds is 9. The van der Waals surface area contributed by atoms with Crippen LogP contribution in [-0.4, -0.2) is 62.0 Å². The predicted molar refractivity (Wildman–Crippen MR) is 96.6 cm³/mol. The lowest BCUT2D eigenvalue weighted by Gasteiger charge is -2.26. The average molecular weight is 352 g/mol. The smallest absolute Gasteiger partial charge is 0.315 e. The van der Waals surface area contributed by atoms with Gasteiger partial charge in [-0.25, -0.2) is 9.18 Å². The van der Waals surface area contributed by atoms with Gasteiger partial charge < -0.3 is 20.4 Å². The third-order valence-corrected chi connectivity index (χ3v) is 3.52. The second-order valence-corrected chi connectivity index (χ2v) is 6.70. The Kier molecular flexibility index (Phi) is 8.91. The Morgan fingerprint density at radius 2 is 1.72 bits per heavy atom. The number of urea groups is 1. The first-order valence-electron chi connectivity index (χ1n) is 8.46. The summed E-state index contributed by atoms with van der Waals surface area (Å²) >= 11 is 0. The van der Waals surface area contributed by atoms with Crippen LogP contribution in [0.25, 0.3) is 0 Å². The van der Waals surface area contributed by atoms with Crippen molar-refractivity contribution in [3.8, 4) is 0 Å². The van der Waals surface area contributed by atoms with E-state index in [2.05, 4.69) is 24.5 Å². The van der Waals surface area contributed by atoms with Crippen molar-refractivity contribution in [3.05, 3.63) is 35.6 Å². The van der Waals surface area contributed by atoms with Gasteiger partial charge in [-0.1, -0.05) is 26.0 Å². The highest BCUT2D eigenvalue weighted by Gasteiger charge is 2.15. The first-order chi connectivity index (χ1) is 11.8. The number of amides is 3. The number of carbonyl (C=O) groups excluding carboxylic acids is 2. The van der Waals surface area contributed by atoms with Crippen LogP contribution in [0.4, 0.5) is 9.18 Å². The molecule has 0 aromatic heterocycles. The third-order valence-electron chi connectivity index (χ3n) is 3.52. The quantitative estimate of drug-likeness (QED) is 0.711. The van der Waals surface area contributed by atoms with Crippen LogP contribution < -0.4 is 10.6 Å². The molecular weight excluding hydrogens is 323 g/mol. The first-order valence-corrected chi connectivity index (χ1v) is 8.46. The van der Waals surface area contributed by atoms with E-state index in [0.717, 1.165) is 12.1 Å². The summed E-state index contributed by atoms with van der Waals surface area (Å²) in [5, 5.41) is 5.23. The molecule has 0 aliphatic rings. The summed E-state index contributed by atoms with van der Waals surface area (Å²) in [7, 11) is 3.92. The number of benzene rings is 1. The van der Waals surface area contributed by atoms with E-state index in [4.69, 9.17) is 0 Å². The van der Waals surface area contributed by atoms with E-state index in [0.29, 0.717) is 19.0 Å². The number of hydrogen-bond acceptors (Lipinski definition) is 3. The van der Waals surface area contributed by atoms with Crippen molar-refractivity contribution in [2.75, 3.05) is 40.3 Å². The van der Waals surface area contributed by atoms with E-state index in [1.807, 2.05) is 19.0 Å². The molecule has 1 rings (SSSR count). The SMILES string of the molecule is CC(C)CN(CCN(C)C)C(=O)CNC(=O)NCc1ccc(F)cc1. The van der Waals surface area contributed by atoms with Crippen LogP contribution in [0.1, 0.15) is 19.4 Å². The molecule has 0 heterocycles. The zero-order valence-corrected chi connectivity index (χ0v) is 15.5. The Labute approximate surface area is 149 Å². The van der Waals surface area contributed by atoms with Crippen molar-refractivity contribution >= 4 is 11.9 Å². The lowest BCUT2D eigenvalue weighted by molar-refractivity contribution is -0.130. The van der Waals surface area contributed by atoms with Crippen LogP contribution in [0.15, 0.2) is 24.3 Å². The second-order valence-electron chi connectivity index (χ2n) is 6.70. The Morgan fingerprint density at radius 3 is 2.28 bits per heavy atom. The standard InChI is InChI=1S/C18H29FN4O2/c1-14(2)13-23(10-9-22(3)4)17(24)12-21-18(25)20-11-15-5-7-16(19)8-6-15/h5-8,14H,9-13H2,1-4H3,(H2,20,21,25). The molecule has 0 unspecified atom stereocenters. The highest BCUT2D eigenvalue weighted by Crippen LogP contribution is 2.02. The van der Waals surface area contributed by atoms with E-state index in [-0.39, 0.29) is 24.8 Å². The van der Waals surface area contributed by atoms with E-state index in [1.165, 1.54) is 12.1 Å². The van der Waals surface area contributed by atoms with Gasteiger partial charge in [-0.05, 0) is 37.7 Å². The minimum atomic E-state index is -0.421. The van der Waals surface area contributed by atoms with Gasteiger partial charge >= 0.3 is 6.03 Å². The van der Waals surface area contributed by atoms with Gasteiger partial charge in [-0.3, -0.25) is 4.79 Å². The normalized spacial score (nSPS) is 10.8. The van der Waals surface area contributed by atoms with Crippen LogP contribution in [0, 0.1) is 11.7 Å². The van der Waals surface area contributed by atoms with Crippen molar-refractivity contribution in [1.29, 1.82) is 0 Å². The fourth-order valence-electron chi connectivity index (χ4n) is 2.19. The van der Waals surface area contributed by atoms with E-state index in [9.17, 15) is 14.0 Å². The third kappa shape index (κ3) is 9.05. The number of carbonyl (C=O) groups is 2. The molecule has 0 saturated carbocycles. The Balaban J connectivity index is 2.40. The molecule has 0 bridgehead atoms. The lowest BCUT2D eigenvalue weighted by Crippen LogP contribution is -2.46. The molecule has 2 N–H and O–H groups in total. The van der Waals surface area contributed by atoms with Gasteiger partial charge in [-0.15, -0.1) is 0 Å². The van der Waals surface area contributed by atoms with Crippen molar-refractivity contribution in [1.82, 2.24) is 20.4 Å². The monoisotopic (exact) mass is 352 g/mol. The maximum atomic E-state index is 12.8. The molecule has 1 aromatic carbocycles. The van der Waals surface area contributed by atoms with E-state index in [1.54, 1.807) is 17.0 Å². The summed E-state index contributed by atoms with van der Waals surface area (Å²) in [4.78, 5) is 27.9. The number of likely N-dealkylation sites (N-methyl/N-ethyl adjacent to an activating group) is 1. The van der Waals surface area contributed by atoms with E-state index < -0.39 is 6.03 Å². The van der Waals surface area contributed by atoms with Gasteiger partial charge in [-0.2, -0.15) is 0 Å². The van der Waals surface area contributed by atoms with Crippen LogP contribution >= 0.6 is 0 Å². The molecule has 0 atom stereocenters. The summed E-state index contributed by atoms with van der Waals surface area (Å²) < 4.78 is 12.8. The maximum Gasteiger partial charge on any atom is 0.315 e. The molecule has 1 aromatic rings. The fourth-order valence-corrected chi connectivity index (χ4v) is 2.19. The van der Waals surface area contributed by atoms with Crippen molar-refractivity contribution in [2.24, 2.45) is 5.92 Å². The van der Waals surface area contributed by atoms with Gasteiger partial charge in [0.05, 0.1) is 6.54 Å². The maximum absolute atomic E-state index is 12.8. The summed E-state index contributed by atoms with van der Waals surface area (Å²) in [5.74, 6) is -0.0623. The number of halogens is 1. The van der Waals surface area contributed by atoms with Crippen LogP contribution in [0.5, 0.6) is 0 Å². The van der Waals surface area contributed by atoms with Crippen molar-refractivity contribution in [2.45, 2.75) is 20.4 Å². The van der Waals surface area contributed by atoms with Crippen molar-refractivity contribution in [3.63, 3.8) is 0 Å². The largest absolute Gasteiger partial charge is 0.340 e. The van der Waals surface area contributed by atoms with Gasteiger partial charge in [0.25, 0.3) is 0 Å². The Morgan fingerprint density at radius 1 is 1.08 bits per heavy atom. The van der Waals surface area contributed by atoms with Gasteiger partial charge in [0.15, 0.2) is 0 Å². The van der Waals surface area contributed by atoms with Gasteiger partial charge in [0, 0.05) is 26.2 Å². The number of nitrogens with one attached hydrogen (secondary N) is 2. The van der Waals surface area contributed by atoms with Crippen LogP contribution in [0.2, 0.25) is 0 Å². The summed E-state index contributed by atoms with van der Waals surface area (Å²) in [6, 6.07) is 5.47. The molecule has 0 aliphatic heterocycles. The molecular formula is C18H29FN4O2. The topological polar surface area (TPSA) is 64.7 Å². The molecule has 0 aliphatic carbocycles. The first kappa shape index (κ1) is 20.9. The molecule has 0 fully saturated rings. The number of hydrogen-bond donors (Lipinski definition) is 2. The van der Waals surface area contributed by atoms with Crippen molar-refractivity contribution < 1.29 is 14.0 Å². The summed E-state index contributed by atoms with van der Waals surface area (Å²) in [6.45, 7) is 6.40. The lowest BCUT2D eigenvalue weighted by atomic mass is 10.2. The zero-order chi connectivity index (χ0) is 18.8. The zero-order valence-electron chi connectivity index (χ0n) is 15.5. The Hall–Kier alpha value is -2.15. The molecule has 25 heavy (non-hydrogen) atoms. The highest BCUT2D eigenvalue weighted by atomic mass is 19.1. The molecule has 6 nitrogen and oxygen atoms in total. The molecule has 0 radical (unpaired) electrons. The second kappa shape index (κ2) is 10.7. The fraction of sp³-hybridized carbons (Fsp3) is 0.556. The van der Waals surface area contributed by atoms with Gasteiger partial charge in [0.2, 0.25) is 5.91 Å². The summed E-state index contributed by atoms with van der Waals surface area (Å²) in [5.41, 5.74) is 0.787. The molecule has 3 amide bonds. The van der Waals surface area contributed by atoms with Crippen LogP contribution in [0.3, 0.4) is 0 Å². The number of nitrogens with zero attached hydrogens (tertiary/aromatic N) is 2. The molecule has 7 heteroatoms. The van der Waals surface area contributed by atoms with Gasteiger partial charge in [0.1, 0.15) is 5.82 Å². The minimum absolute atomic E-state index is 0.0462. The van der Waals surface area contributed by atoms with E-state index >= 15 is 0 Å². The predicted octanol–water partition coefficient (Wildman–Crippen LogP) is 1.67. The average Bonchev–Trinajstić information content (AvgIpc) is 2.55. The van der Waals surface area contributed by atoms with Crippen LogP contribution in [-0.2, 0) is 11.3 Å². The summed E-state index contributed by atoms with van der Waals surface area (Å²) in [6.07, 6.45) is 0. The minimum Gasteiger partial charge on any atom is -0.340 e. The Bertz CT molecular complexity index is 547. The highest BCUT2D eigenvalue weighted by molar-refractivity contribution is 5.84. The molecule has 0 saturated heterocycles. The molecule has 0 spiro atoms.